The molecule has 8 heteroatoms. The van der Waals surface area contributed by atoms with Crippen molar-refractivity contribution in [1.29, 1.82) is 0 Å². The van der Waals surface area contributed by atoms with Gasteiger partial charge in [0.15, 0.2) is 12.4 Å². The molecule has 0 N–H and O–H groups in total. The summed E-state index contributed by atoms with van der Waals surface area (Å²) in [7, 11) is 0. The van der Waals surface area contributed by atoms with Gasteiger partial charge in [0.25, 0.3) is 0 Å². The third kappa shape index (κ3) is 3.76. The SMILES string of the molecule is O=C(COC(=O)c1ccc(N2C(=O)[C@@H]3[C@@H](C2=O)C2c4ccccc4C3(Br)c3ccccc32)cc1)c1ccc(Cl)cc1. The summed E-state index contributed by atoms with van der Waals surface area (Å²) in [4.78, 5) is 54.3. The maximum absolute atomic E-state index is 14.1. The van der Waals surface area contributed by atoms with Crippen molar-refractivity contribution in [3.8, 4) is 0 Å². The van der Waals surface area contributed by atoms with Gasteiger partial charge in [0.2, 0.25) is 11.8 Å². The van der Waals surface area contributed by atoms with Crippen LogP contribution in [0.25, 0.3) is 0 Å². The highest BCUT2D eigenvalue weighted by molar-refractivity contribution is 9.09. The number of rotatable bonds is 5. The number of amides is 2. The highest BCUT2D eigenvalue weighted by Gasteiger charge is 2.67. The van der Waals surface area contributed by atoms with Crippen LogP contribution in [0.3, 0.4) is 0 Å². The molecule has 1 aliphatic heterocycles. The summed E-state index contributed by atoms with van der Waals surface area (Å²) in [6.07, 6.45) is 0. The molecule has 1 fully saturated rings. The number of carbonyl (C=O) groups excluding carboxylic acids is 4. The summed E-state index contributed by atoms with van der Waals surface area (Å²) in [6, 6.07) is 28.4. The van der Waals surface area contributed by atoms with Crippen LogP contribution in [0.5, 0.6) is 0 Å². The maximum Gasteiger partial charge on any atom is 0.338 e. The first-order chi connectivity index (χ1) is 19.8. The number of hydrogen-bond acceptors (Lipinski definition) is 5. The zero-order chi connectivity index (χ0) is 28.5. The van der Waals surface area contributed by atoms with Gasteiger partial charge in [0.1, 0.15) is 0 Å². The second-order valence-corrected chi connectivity index (χ2v) is 12.1. The van der Waals surface area contributed by atoms with Gasteiger partial charge < -0.3 is 4.74 Å². The van der Waals surface area contributed by atoms with Crippen LogP contribution < -0.4 is 4.90 Å². The smallest absolute Gasteiger partial charge is 0.338 e. The third-order valence-corrected chi connectivity index (χ3v) is 9.98. The lowest BCUT2D eigenvalue weighted by Gasteiger charge is -2.51. The third-order valence-electron chi connectivity index (χ3n) is 8.38. The van der Waals surface area contributed by atoms with E-state index in [4.69, 9.17) is 16.3 Å². The molecule has 6 nitrogen and oxygen atoms in total. The standard InChI is InChI=1S/C33H21BrClNO5/c34-33-24-7-3-1-5-22(24)27(23-6-2-4-8-25(23)33)28-29(33)31(39)36(30(28)38)21-15-11-19(12-16-21)32(40)41-17-26(37)18-9-13-20(35)14-10-18/h1-16,27-29H,17H2/t27?,28-,29-,33?/m0/s1. The first kappa shape index (κ1) is 25.9. The molecule has 2 amide bonds. The molecule has 4 aliphatic rings. The fourth-order valence-electron chi connectivity index (χ4n) is 6.61. The number of ether oxygens (including phenoxy) is 1. The minimum Gasteiger partial charge on any atom is -0.454 e. The molecule has 8 rings (SSSR count). The Hall–Kier alpha value is -4.07. The summed E-state index contributed by atoms with van der Waals surface area (Å²) in [6.45, 7) is -0.426. The number of imide groups is 1. The van der Waals surface area contributed by atoms with Crippen molar-refractivity contribution in [2.75, 3.05) is 11.5 Å². The van der Waals surface area contributed by atoms with Crippen LogP contribution in [0, 0.1) is 11.8 Å². The number of anilines is 1. The van der Waals surface area contributed by atoms with Gasteiger partial charge in [0, 0.05) is 16.5 Å². The highest BCUT2D eigenvalue weighted by atomic mass is 79.9. The number of ketones is 1. The van der Waals surface area contributed by atoms with Crippen LogP contribution in [0.2, 0.25) is 5.02 Å². The summed E-state index contributed by atoms with van der Waals surface area (Å²) >= 11 is 9.85. The van der Waals surface area contributed by atoms with Crippen LogP contribution in [-0.2, 0) is 18.7 Å². The van der Waals surface area contributed by atoms with Crippen LogP contribution in [-0.4, -0.2) is 30.2 Å². The largest absolute Gasteiger partial charge is 0.454 e. The van der Waals surface area contributed by atoms with E-state index in [1.807, 2.05) is 48.5 Å². The predicted molar refractivity (Wildman–Crippen MR) is 156 cm³/mol. The summed E-state index contributed by atoms with van der Waals surface area (Å²) in [5.41, 5.74) is 5.10. The summed E-state index contributed by atoms with van der Waals surface area (Å²) < 4.78 is 4.37. The lowest BCUT2D eigenvalue weighted by Crippen LogP contribution is -2.50. The Kier molecular flexibility index (Phi) is 5.99. The number of benzene rings is 4. The van der Waals surface area contributed by atoms with Gasteiger partial charge >= 0.3 is 5.97 Å². The lowest BCUT2D eigenvalue weighted by atomic mass is 9.55. The van der Waals surface area contributed by atoms with Crippen molar-refractivity contribution in [3.63, 3.8) is 0 Å². The molecular formula is C33H21BrClNO5. The van der Waals surface area contributed by atoms with Crippen molar-refractivity contribution in [2.45, 2.75) is 10.2 Å². The number of halogens is 2. The van der Waals surface area contributed by atoms with E-state index in [9.17, 15) is 19.2 Å². The van der Waals surface area contributed by atoms with E-state index in [0.717, 1.165) is 22.3 Å². The van der Waals surface area contributed by atoms with E-state index < -0.39 is 28.7 Å². The number of alkyl halides is 1. The zero-order valence-electron chi connectivity index (χ0n) is 21.4. The van der Waals surface area contributed by atoms with Gasteiger partial charge in [0.05, 0.1) is 27.4 Å². The molecule has 4 aromatic carbocycles. The maximum atomic E-state index is 14.1. The van der Waals surface area contributed by atoms with Gasteiger partial charge in [-0.05, 0) is 70.8 Å². The van der Waals surface area contributed by atoms with Crippen molar-refractivity contribution in [2.24, 2.45) is 11.8 Å². The molecule has 41 heavy (non-hydrogen) atoms. The molecule has 0 spiro atoms. The minimum absolute atomic E-state index is 0.200. The first-order valence-electron chi connectivity index (χ1n) is 13.1. The summed E-state index contributed by atoms with van der Waals surface area (Å²) in [5.74, 6) is -3.00. The van der Waals surface area contributed by atoms with Gasteiger partial charge in [-0.2, -0.15) is 0 Å². The molecule has 4 aromatic rings. The Balaban J connectivity index is 1.15. The van der Waals surface area contributed by atoms with Crippen molar-refractivity contribution < 1.29 is 23.9 Å². The van der Waals surface area contributed by atoms with Crippen molar-refractivity contribution >= 4 is 56.8 Å². The number of Topliss-reactive ketones (excluding diaryl/α,β-unsaturated/α-hetero) is 1. The van der Waals surface area contributed by atoms with Crippen LogP contribution >= 0.6 is 27.5 Å². The number of carbonyl (C=O) groups is 4. The monoisotopic (exact) mass is 625 g/mol. The Morgan fingerprint density at radius 3 is 1.95 bits per heavy atom. The number of nitrogens with zero attached hydrogens (tertiary/aromatic N) is 1. The molecule has 0 unspecified atom stereocenters. The fourth-order valence-corrected chi connectivity index (χ4v) is 7.94. The highest BCUT2D eigenvalue weighted by Crippen LogP contribution is 2.66. The van der Waals surface area contributed by atoms with Crippen molar-refractivity contribution in [3.05, 3.63) is 135 Å². The number of esters is 1. The minimum atomic E-state index is -0.832. The Labute approximate surface area is 249 Å². The van der Waals surface area contributed by atoms with Gasteiger partial charge in [-0.3, -0.25) is 14.4 Å². The molecule has 1 saturated heterocycles. The Morgan fingerprint density at radius 2 is 1.34 bits per heavy atom. The second-order valence-electron chi connectivity index (χ2n) is 10.4. The molecule has 1 heterocycles. The van der Waals surface area contributed by atoms with Crippen LogP contribution in [0.4, 0.5) is 5.69 Å². The molecule has 0 aromatic heterocycles. The molecule has 2 atom stereocenters. The van der Waals surface area contributed by atoms with E-state index in [-0.39, 0.29) is 29.1 Å². The topological polar surface area (TPSA) is 80.8 Å². The average molecular weight is 627 g/mol. The van der Waals surface area contributed by atoms with E-state index in [1.54, 1.807) is 36.4 Å². The molecule has 2 bridgehead atoms. The van der Waals surface area contributed by atoms with Crippen molar-refractivity contribution in [1.82, 2.24) is 0 Å². The van der Waals surface area contributed by atoms with Crippen LogP contribution in [0.15, 0.2) is 97.1 Å². The molecule has 0 saturated carbocycles. The van der Waals surface area contributed by atoms with E-state index in [0.29, 0.717) is 16.3 Å². The average Bonchev–Trinajstić information content (AvgIpc) is 3.27. The van der Waals surface area contributed by atoms with Gasteiger partial charge in [-0.15, -0.1) is 0 Å². The normalized spacial score (nSPS) is 23.6. The molecule has 202 valence electrons. The van der Waals surface area contributed by atoms with E-state index in [2.05, 4.69) is 15.9 Å². The first-order valence-corrected chi connectivity index (χ1v) is 14.3. The predicted octanol–water partition coefficient (Wildman–Crippen LogP) is 6.28. The Morgan fingerprint density at radius 1 is 0.780 bits per heavy atom. The lowest BCUT2D eigenvalue weighted by molar-refractivity contribution is -0.122. The summed E-state index contributed by atoms with van der Waals surface area (Å²) in [5, 5.41) is 0.501. The number of hydrogen-bond donors (Lipinski definition) is 0. The molecular weight excluding hydrogens is 606 g/mol. The molecule has 3 aliphatic carbocycles. The van der Waals surface area contributed by atoms with E-state index >= 15 is 0 Å². The van der Waals surface area contributed by atoms with Gasteiger partial charge in [-0.1, -0.05) is 76.1 Å². The second kappa shape index (κ2) is 9.50. The molecule has 0 radical (unpaired) electrons. The van der Waals surface area contributed by atoms with E-state index in [1.165, 1.54) is 17.0 Å². The van der Waals surface area contributed by atoms with Gasteiger partial charge in [-0.25, -0.2) is 9.69 Å². The zero-order valence-corrected chi connectivity index (χ0v) is 23.8. The quantitative estimate of drug-likeness (QED) is 0.113. The Bertz CT molecular complexity index is 1720. The van der Waals surface area contributed by atoms with Crippen LogP contribution in [0.1, 0.15) is 48.9 Å². The fraction of sp³-hybridized carbons (Fsp3) is 0.152.